The smallest absolute Gasteiger partial charge is 0.305 e. The van der Waals surface area contributed by atoms with Gasteiger partial charge in [-0.25, -0.2) is 4.98 Å². The molecule has 0 fully saturated rings. The van der Waals surface area contributed by atoms with Gasteiger partial charge in [-0.05, 0) is 44.4 Å². The van der Waals surface area contributed by atoms with Gasteiger partial charge in [0.05, 0.1) is 17.8 Å². The monoisotopic (exact) mass is 283 g/mol. The molecule has 2 aromatic rings. The van der Waals surface area contributed by atoms with Crippen molar-refractivity contribution in [3.05, 3.63) is 48.2 Å². The first kappa shape index (κ1) is 15.2. The normalized spacial score (nSPS) is 11.1. The van der Waals surface area contributed by atoms with E-state index in [2.05, 4.69) is 23.2 Å². The highest BCUT2D eigenvalue weighted by Gasteiger charge is 1.99. The van der Waals surface area contributed by atoms with Crippen LogP contribution in [0.5, 0.6) is 0 Å². The lowest BCUT2D eigenvalue weighted by atomic mass is 10.1. The van der Waals surface area contributed by atoms with Gasteiger partial charge in [0.1, 0.15) is 0 Å². The van der Waals surface area contributed by atoms with Crippen molar-refractivity contribution in [3.63, 3.8) is 0 Å². The summed E-state index contributed by atoms with van der Waals surface area (Å²) in [5.41, 5.74) is 1.99. The second-order valence-electron chi connectivity index (χ2n) is 4.88. The summed E-state index contributed by atoms with van der Waals surface area (Å²) in [5.74, 6) is -0.0994. The van der Waals surface area contributed by atoms with Crippen molar-refractivity contribution in [2.45, 2.75) is 32.6 Å². The summed E-state index contributed by atoms with van der Waals surface area (Å²) in [6.07, 6.45) is 7.47. The van der Waals surface area contributed by atoms with E-state index >= 15 is 0 Å². The number of rotatable bonds is 7. The lowest BCUT2D eigenvalue weighted by Crippen LogP contribution is -2.02. The second-order valence-corrected chi connectivity index (χ2v) is 4.88. The third-order valence-electron chi connectivity index (χ3n) is 3.22. The summed E-state index contributed by atoms with van der Waals surface area (Å²) in [6, 6.07) is 12.2. The molecule has 3 nitrogen and oxygen atoms in total. The van der Waals surface area contributed by atoms with E-state index in [9.17, 15) is 4.79 Å². The van der Waals surface area contributed by atoms with Crippen molar-refractivity contribution >= 4 is 22.9 Å². The molecule has 3 heteroatoms. The third kappa shape index (κ3) is 5.03. The van der Waals surface area contributed by atoms with Gasteiger partial charge in [-0.15, -0.1) is 0 Å². The number of ether oxygens (including phenoxy) is 1. The Bertz CT molecular complexity index is 619. The Morgan fingerprint density at radius 1 is 1.19 bits per heavy atom. The Morgan fingerprint density at radius 2 is 2.05 bits per heavy atom. The van der Waals surface area contributed by atoms with Gasteiger partial charge in [0, 0.05) is 11.8 Å². The van der Waals surface area contributed by atoms with Crippen LogP contribution in [0.3, 0.4) is 0 Å². The van der Waals surface area contributed by atoms with E-state index in [0.717, 1.165) is 35.9 Å². The zero-order valence-corrected chi connectivity index (χ0v) is 12.4. The van der Waals surface area contributed by atoms with E-state index < -0.39 is 0 Å². The van der Waals surface area contributed by atoms with E-state index in [-0.39, 0.29) is 5.97 Å². The minimum Gasteiger partial charge on any atom is -0.466 e. The number of aromatic nitrogens is 1. The van der Waals surface area contributed by atoms with E-state index in [1.807, 2.05) is 37.3 Å². The number of para-hydroxylation sites is 1. The van der Waals surface area contributed by atoms with Gasteiger partial charge in [-0.2, -0.15) is 0 Å². The summed E-state index contributed by atoms with van der Waals surface area (Å²) < 4.78 is 4.89. The number of hydrogen-bond acceptors (Lipinski definition) is 3. The van der Waals surface area contributed by atoms with Crippen molar-refractivity contribution in [3.8, 4) is 0 Å². The predicted molar refractivity (Wildman–Crippen MR) is 85.9 cm³/mol. The molecular weight excluding hydrogens is 262 g/mol. The molecule has 0 saturated heterocycles. The molecule has 0 aliphatic carbocycles. The zero-order chi connectivity index (χ0) is 14.9. The molecule has 1 aromatic heterocycles. The molecule has 0 amide bonds. The fraction of sp³-hybridized carbons (Fsp3) is 0.333. The lowest BCUT2D eigenvalue weighted by Gasteiger charge is -2.00. The van der Waals surface area contributed by atoms with Gasteiger partial charge in [-0.1, -0.05) is 30.3 Å². The standard InChI is InChI=1S/C18H21NO2/c1-2-21-18(20)12-6-4-3-5-10-16-14-13-15-9-7-8-11-17(15)19-16/h5,7-11,13-14H,2-4,6,12H2,1H3/b10-5-. The number of carbonyl (C=O) groups excluding carboxylic acids is 1. The molecule has 21 heavy (non-hydrogen) atoms. The van der Waals surface area contributed by atoms with E-state index in [1.54, 1.807) is 0 Å². The molecule has 1 heterocycles. The van der Waals surface area contributed by atoms with Crippen LogP contribution in [0, 0.1) is 0 Å². The Balaban J connectivity index is 1.77. The van der Waals surface area contributed by atoms with Crippen LogP contribution in [0.25, 0.3) is 17.0 Å². The highest BCUT2D eigenvalue weighted by molar-refractivity contribution is 5.79. The largest absolute Gasteiger partial charge is 0.466 e. The summed E-state index contributed by atoms with van der Waals surface area (Å²) in [6.45, 7) is 2.30. The van der Waals surface area contributed by atoms with Crippen LogP contribution < -0.4 is 0 Å². The first-order valence-corrected chi connectivity index (χ1v) is 7.47. The van der Waals surface area contributed by atoms with Crippen molar-refractivity contribution in [2.75, 3.05) is 6.61 Å². The SMILES string of the molecule is CCOC(=O)CCCC/C=C\c1ccc2ccccc2n1. The highest BCUT2D eigenvalue weighted by atomic mass is 16.5. The fourth-order valence-corrected chi connectivity index (χ4v) is 2.14. The van der Waals surface area contributed by atoms with Crippen molar-refractivity contribution < 1.29 is 9.53 Å². The molecule has 0 aliphatic rings. The van der Waals surface area contributed by atoms with Gasteiger partial charge in [-0.3, -0.25) is 4.79 Å². The maximum Gasteiger partial charge on any atom is 0.305 e. The Labute approximate surface area is 125 Å². The molecule has 0 bridgehead atoms. The maximum atomic E-state index is 11.2. The molecule has 0 spiro atoms. The van der Waals surface area contributed by atoms with Crippen molar-refractivity contribution in [1.82, 2.24) is 4.98 Å². The minimum atomic E-state index is -0.0994. The van der Waals surface area contributed by atoms with Gasteiger partial charge < -0.3 is 4.74 Å². The first-order valence-electron chi connectivity index (χ1n) is 7.47. The first-order chi connectivity index (χ1) is 10.3. The predicted octanol–water partition coefficient (Wildman–Crippen LogP) is 4.37. The van der Waals surface area contributed by atoms with Crippen LogP contribution in [0.1, 0.15) is 38.3 Å². The number of hydrogen-bond donors (Lipinski definition) is 0. The van der Waals surface area contributed by atoms with Gasteiger partial charge in [0.2, 0.25) is 0 Å². The number of unbranched alkanes of at least 4 members (excludes halogenated alkanes) is 2. The average molecular weight is 283 g/mol. The van der Waals surface area contributed by atoms with Gasteiger partial charge in [0.25, 0.3) is 0 Å². The second kappa shape index (κ2) is 8.20. The van der Waals surface area contributed by atoms with Crippen molar-refractivity contribution in [1.29, 1.82) is 0 Å². The van der Waals surface area contributed by atoms with E-state index in [0.29, 0.717) is 13.0 Å². The zero-order valence-electron chi connectivity index (χ0n) is 12.4. The molecular formula is C18H21NO2. The quantitative estimate of drug-likeness (QED) is 0.559. The van der Waals surface area contributed by atoms with Crippen LogP contribution in [0.2, 0.25) is 0 Å². The van der Waals surface area contributed by atoms with E-state index in [1.165, 1.54) is 0 Å². The van der Waals surface area contributed by atoms with Gasteiger partial charge >= 0.3 is 5.97 Å². The van der Waals surface area contributed by atoms with Crippen molar-refractivity contribution in [2.24, 2.45) is 0 Å². The van der Waals surface area contributed by atoms with Gasteiger partial charge in [0.15, 0.2) is 0 Å². The van der Waals surface area contributed by atoms with E-state index in [4.69, 9.17) is 4.74 Å². The van der Waals surface area contributed by atoms with Crippen LogP contribution in [-0.2, 0) is 9.53 Å². The number of carbonyl (C=O) groups is 1. The fourth-order valence-electron chi connectivity index (χ4n) is 2.14. The topological polar surface area (TPSA) is 39.2 Å². The molecule has 0 atom stereocenters. The number of nitrogens with zero attached hydrogens (tertiary/aromatic N) is 1. The van der Waals surface area contributed by atoms with Crippen LogP contribution in [0.15, 0.2) is 42.5 Å². The summed E-state index contributed by atoms with van der Waals surface area (Å²) >= 11 is 0. The van der Waals surface area contributed by atoms with Crippen LogP contribution in [-0.4, -0.2) is 17.6 Å². The lowest BCUT2D eigenvalue weighted by molar-refractivity contribution is -0.143. The Hall–Kier alpha value is -2.16. The maximum absolute atomic E-state index is 11.2. The number of pyridine rings is 1. The third-order valence-corrected chi connectivity index (χ3v) is 3.22. The number of benzene rings is 1. The molecule has 0 unspecified atom stereocenters. The average Bonchev–Trinajstić information content (AvgIpc) is 2.51. The highest BCUT2D eigenvalue weighted by Crippen LogP contribution is 2.13. The number of allylic oxidation sites excluding steroid dienone is 1. The summed E-state index contributed by atoms with van der Waals surface area (Å²) in [5, 5.41) is 1.16. The molecule has 110 valence electrons. The molecule has 0 saturated carbocycles. The van der Waals surface area contributed by atoms with Crippen LogP contribution in [0.4, 0.5) is 0 Å². The Morgan fingerprint density at radius 3 is 2.90 bits per heavy atom. The number of esters is 1. The van der Waals surface area contributed by atoms with Crippen LogP contribution >= 0.6 is 0 Å². The number of fused-ring (bicyclic) bond motifs is 1. The molecule has 0 N–H and O–H groups in total. The molecule has 0 radical (unpaired) electrons. The molecule has 2 rings (SSSR count). The molecule has 1 aromatic carbocycles. The summed E-state index contributed by atoms with van der Waals surface area (Å²) in [4.78, 5) is 15.8. The summed E-state index contributed by atoms with van der Waals surface area (Å²) in [7, 11) is 0. The minimum absolute atomic E-state index is 0.0994. The Kier molecular flexibility index (Phi) is 5.95. The molecule has 0 aliphatic heterocycles.